The molecule has 4 heteroatoms. The third kappa shape index (κ3) is 5.42. The first-order valence-electron chi connectivity index (χ1n) is 7.06. The van der Waals surface area contributed by atoms with Crippen LogP contribution in [0.25, 0.3) is 6.08 Å². The number of benzene rings is 1. The molecular weight excluding hydrogens is 268 g/mol. The number of carbonyl (C=O) groups excluding carboxylic acids is 2. The molecule has 1 aromatic carbocycles. The highest BCUT2D eigenvalue weighted by Gasteiger charge is 2.31. The van der Waals surface area contributed by atoms with E-state index < -0.39 is 5.60 Å². The van der Waals surface area contributed by atoms with Gasteiger partial charge in [-0.3, -0.25) is 4.79 Å². The molecule has 0 spiro atoms. The monoisotopic (exact) mass is 288 g/mol. The van der Waals surface area contributed by atoms with E-state index in [2.05, 4.69) is 0 Å². The van der Waals surface area contributed by atoms with E-state index in [0.717, 1.165) is 18.4 Å². The van der Waals surface area contributed by atoms with Crippen LogP contribution in [0.5, 0.6) is 5.75 Å². The summed E-state index contributed by atoms with van der Waals surface area (Å²) < 4.78 is 10.4. The Morgan fingerprint density at radius 2 is 1.76 bits per heavy atom. The maximum absolute atomic E-state index is 11.5. The molecule has 0 amide bonds. The van der Waals surface area contributed by atoms with Crippen molar-refractivity contribution in [3.8, 4) is 5.75 Å². The lowest BCUT2D eigenvalue weighted by Gasteiger charge is -2.17. The zero-order valence-corrected chi connectivity index (χ0v) is 12.6. The molecule has 4 nitrogen and oxygen atoms in total. The van der Waals surface area contributed by atoms with Crippen LogP contribution in [0.15, 0.2) is 30.3 Å². The van der Waals surface area contributed by atoms with Gasteiger partial charge in [-0.05, 0) is 57.4 Å². The van der Waals surface area contributed by atoms with Crippen molar-refractivity contribution in [3.63, 3.8) is 0 Å². The number of ether oxygens (including phenoxy) is 2. The largest absolute Gasteiger partial charge is 0.457 e. The summed E-state index contributed by atoms with van der Waals surface area (Å²) in [6.07, 6.45) is 4.90. The molecule has 1 saturated carbocycles. The molecule has 112 valence electrons. The maximum atomic E-state index is 11.5. The fourth-order valence-corrected chi connectivity index (χ4v) is 1.67. The number of rotatable bonds is 4. The van der Waals surface area contributed by atoms with Gasteiger partial charge in [-0.25, -0.2) is 4.79 Å². The van der Waals surface area contributed by atoms with Crippen LogP contribution >= 0.6 is 0 Å². The van der Waals surface area contributed by atoms with Crippen molar-refractivity contribution in [2.75, 3.05) is 0 Å². The van der Waals surface area contributed by atoms with Crippen LogP contribution in [0.1, 0.15) is 39.2 Å². The van der Waals surface area contributed by atoms with E-state index in [0.29, 0.717) is 5.75 Å². The molecule has 1 aromatic rings. The molecule has 0 N–H and O–H groups in total. The third-order valence-corrected chi connectivity index (χ3v) is 2.83. The molecule has 21 heavy (non-hydrogen) atoms. The minimum atomic E-state index is -0.498. The van der Waals surface area contributed by atoms with Gasteiger partial charge in [-0.1, -0.05) is 12.1 Å². The van der Waals surface area contributed by atoms with E-state index in [1.165, 1.54) is 6.08 Å². The minimum absolute atomic E-state index is 0.0803. The van der Waals surface area contributed by atoms with Crippen LogP contribution < -0.4 is 4.74 Å². The summed E-state index contributed by atoms with van der Waals surface area (Å²) >= 11 is 0. The smallest absolute Gasteiger partial charge is 0.331 e. The Morgan fingerprint density at radius 3 is 2.29 bits per heavy atom. The van der Waals surface area contributed by atoms with Gasteiger partial charge < -0.3 is 9.47 Å². The van der Waals surface area contributed by atoms with E-state index in [1.807, 2.05) is 20.8 Å². The molecule has 0 saturated heterocycles. The van der Waals surface area contributed by atoms with E-state index >= 15 is 0 Å². The van der Waals surface area contributed by atoms with Gasteiger partial charge in [-0.15, -0.1) is 0 Å². The minimum Gasteiger partial charge on any atom is -0.457 e. The Hall–Kier alpha value is -2.10. The highest BCUT2D eigenvalue weighted by atomic mass is 16.6. The van der Waals surface area contributed by atoms with Gasteiger partial charge in [0.1, 0.15) is 11.4 Å². The predicted molar refractivity (Wildman–Crippen MR) is 79.7 cm³/mol. The average molecular weight is 288 g/mol. The molecule has 0 aromatic heterocycles. The summed E-state index contributed by atoms with van der Waals surface area (Å²) in [5.74, 6) is 0.0665. The van der Waals surface area contributed by atoms with Crippen LogP contribution in [-0.4, -0.2) is 17.5 Å². The van der Waals surface area contributed by atoms with Crippen molar-refractivity contribution < 1.29 is 19.1 Å². The van der Waals surface area contributed by atoms with E-state index in [4.69, 9.17) is 9.47 Å². The second-order valence-electron chi connectivity index (χ2n) is 6.13. The second-order valence-corrected chi connectivity index (χ2v) is 6.13. The first-order chi connectivity index (χ1) is 9.83. The Balaban J connectivity index is 1.89. The zero-order valence-electron chi connectivity index (χ0n) is 12.6. The van der Waals surface area contributed by atoms with Gasteiger partial charge in [0, 0.05) is 6.08 Å². The molecule has 2 rings (SSSR count). The van der Waals surface area contributed by atoms with Crippen LogP contribution in [0, 0.1) is 5.92 Å². The summed E-state index contributed by atoms with van der Waals surface area (Å²) in [5.41, 5.74) is 0.342. The lowest BCUT2D eigenvalue weighted by molar-refractivity contribution is -0.148. The maximum Gasteiger partial charge on any atom is 0.331 e. The molecule has 0 bridgehead atoms. The fourth-order valence-electron chi connectivity index (χ4n) is 1.67. The number of hydrogen-bond acceptors (Lipinski definition) is 4. The van der Waals surface area contributed by atoms with Gasteiger partial charge in [-0.2, -0.15) is 0 Å². The van der Waals surface area contributed by atoms with E-state index in [-0.39, 0.29) is 17.9 Å². The molecule has 0 radical (unpaired) electrons. The van der Waals surface area contributed by atoms with Gasteiger partial charge in [0.15, 0.2) is 0 Å². The highest BCUT2D eigenvalue weighted by Crippen LogP contribution is 2.30. The van der Waals surface area contributed by atoms with Gasteiger partial charge in [0.25, 0.3) is 0 Å². The van der Waals surface area contributed by atoms with E-state index in [9.17, 15) is 9.59 Å². The van der Waals surface area contributed by atoms with Gasteiger partial charge >= 0.3 is 11.9 Å². The summed E-state index contributed by atoms with van der Waals surface area (Å²) in [6, 6.07) is 7.01. The Morgan fingerprint density at radius 1 is 1.14 bits per heavy atom. The third-order valence-electron chi connectivity index (χ3n) is 2.83. The molecule has 1 aliphatic carbocycles. The first kappa shape index (κ1) is 15.3. The van der Waals surface area contributed by atoms with Crippen LogP contribution in [0.2, 0.25) is 0 Å². The molecular formula is C17H20O4. The van der Waals surface area contributed by atoms with Crippen molar-refractivity contribution in [2.45, 2.75) is 39.2 Å². The van der Waals surface area contributed by atoms with Gasteiger partial charge in [0.2, 0.25) is 0 Å². The normalized spacial score (nSPS) is 15.0. The molecule has 0 unspecified atom stereocenters. The number of carbonyl (C=O) groups is 2. The summed E-state index contributed by atoms with van der Waals surface area (Å²) in [6.45, 7) is 5.46. The lowest BCUT2D eigenvalue weighted by Crippen LogP contribution is -2.22. The Kier molecular flexibility index (Phi) is 4.46. The van der Waals surface area contributed by atoms with Crippen molar-refractivity contribution in [3.05, 3.63) is 35.9 Å². The average Bonchev–Trinajstić information content (AvgIpc) is 3.20. The van der Waals surface area contributed by atoms with Crippen LogP contribution in [0.3, 0.4) is 0 Å². The molecule has 0 atom stereocenters. The van der Waals surface area contributed by atoms with Crippen LogP contribution in [-0.2, 0) is 14.3 Å². The SMILES string of the molecule is CC(C)(C)OC(=O)/C=C/c1ccc(OC(=O)C2CC2)cc1. The summed E-state index contributed by atoms with van der Waals surface area (Å²) in [7, 11) is 0. The quantitative estimate of drug-likeness (QED) is 0.484. The van der Waals surface area contributed by atoms with Crippen LogP contribution in [0.4, 0.5) is 0 Å². The Bertz CT molecular complexity index is 545. The summed E-state index contributed by atoms with van der Waals surface area (Å²) in [5, 5.41) is 0. The standard InChI is InChI=1S/C17H20O4/c1-17(2,3)21-15(18)11-6-12-4-9-14(10-5-12)20-16(19)13-7-8-13/h4-6,9-11,13H,7-8H2,1-3H3/b11-6+. The van der Waals surface area contributed by atoms with Crippen molar-refractivity contribution >= 4 is 18.0 Å². The van der Waals surface area contributed by atoms with E-state index in [1.54, 1.807) is 30.3 Å². The number of hydrogen-bond donors (Lipinski definition) is 0. The topological polar surface area (TPSA) is 52.6 Å². The first-order valence-corrected chi connectivity index (χ1v) is 7.06. The molecule has 1 fully saturated rings. The molecule has 1 aliphatic rings. The zero-order chi connectivity index (χ0) is 15.5. The predicted octanol–water partition coefficient (Wildman–Crippen LogP) is 3.36. The van der Waals surface area contributed by atoms with Crippen molar-refractivity contribution in [1.82, 2.24) is 0 Å². The number of esters is 2. The second kappa shape index (κ2) is 6.12. The Labute approximate surface area is 124 Å². The summed E-state index contributed by atoms with van der Waals surface area (Å²) in [4.78, 5) is 23.1. The lowest BCUT2D eigenvalue weighted by atomic mass is 10.2. The highest BCUT2D eigenvalue weighted by molar-refractivity contribution is 5.87. The molecule has 0 heterocycles. The fraction of sp³-hybridized carbons (Fsp3) is 0.412. The molecule has 0 aliphatic heterocycles. The van der Waals surface area contributed by atoms with Gasteiger partial charge in [0.05, 0.1) is 5.92 Å². The van der Waals surface area contributed by atoms with Crippen molar-refractivity contribution in [1.29, 1.82) is 0 Å². The van der Waals surface area contributed by atoms with Crippen molar-refractivity contribution in [2.24, 2.45) is 5.92 Å².